The molecule has 0 aliphatic rings. The van der Waals surface area contributed by atoms with Gasteiger partial charge >= 0.3 is 0 Å². The van der Waals surface area contributed by atoms with Crippen molar-refractivity contribution < 1.29 is 4.39 Å². The lowest BCUT2D eigenvalue weighted by Crippen LogP contribution is -2.17. The van der Waals surface area contributed by atoms with Crippen molar-refractivity contribution in [2.45, 2.75) is 13.0 Å². The Bertz CT molecular complexity index is 349. The Hall–Kier alpha value is -0.860. The highest BCUT2D eigenvalue weighted by atomic mass is 35.5. The van der Waals surface area contributed by atoms with Crippen molar-refractivity contribution in [2.75, 3.05) is 7.05 Å². The molecule has 0 fully saturated rings. The van der Waals surface area contributed by atoms with Crippen LogP contribution in [-0.2, 0) is 0 Å². The van der Waals surface area contributed by atoms with Crippen LogP contribution in [0.5, 0.6) is 0 Å². The van der Waals surface area contributed by atoms with Gasteiger partial charge in [0.05, 0.1) is 6.04 Å². The van der Waals surface area contributed by atoms with Crippen molar-refractivity contribution >= 4 is 11.6 Å². The molecule has 0 amide bonds. The number of hydrogen-bond acceptors (Lipinski definition) is 1. The molecule has 0 aromatic heterocycles. The number of nitrogens with one attached hydrogen (secondary N) is 1. The van der Waals surface area contributed by atoms with E-state index < -0.39 is 0 Å². The Morgan fingerprint density at radius 1 is 1.57 bits per heavy atom. The molecule has 3 heteroatoms. The third-order valence-electron chi connectivity index (χ3n) is 2.05. The summed E-state index contributed by atoms with van der Waals surface area (Å²) in [5.41, 5.74) is 1.63. The molecule has 1 aromatic carbocycles. The zero-order valence-corrected chi connectivity index (χ0v) is 9.03. The molecule has 0 saturated carbocycles. The van der Waals surface area contributed by atoms with Crippen LogP contribution in [0.25, 0.3) is 0 Å². The summed E-state index contributed by atoms with van der Waals surface area (Å²) in [6.45, 7) is 5.71. The molecule has 0 heterocycles. The van der Waals surface area contributed by atoms with Crippen molar-refractivity contribution in [3.63, 3.8) is 0 Å². The van der Waals surface area contributed by atoms with Gasteiger partial charge in [-0.3, -0.25) is 0 Å². The summed E-state index contributed by atoms with van der Waals surface area (Å²) < 4.78 is 13.0. The molecular weight excluding hydrogens is 201 g/mol. The van der Waals surface area contributed by atoms with Crippen LogP contribution in [0.2, 0.25) is 5.02 Å². The molecular formula is C11H13ClFN. The van der Waals surface area contributed by atoms with Crippen molar-refractivity contribution in [1.29, 1.82) is 0 Å². The van der Waals surface area contributed by atoms with Gasteiger partial charge in [-0.1, -0.05) is 23.8 Å². The molecule has 1 unspecified atom stereocenters. The summed E-state index contributed by atoms with van der Waals surface area (Å²) in [5, 5.41) is 3.58. The summed E-state index contributed by atoms with van der Waals surface area (Å²) in [6, 6.07) is 4.23. The lowest BCUT2D eigenvalue weighted by molar-refractivity contribution is 0.615. The van der Waals surface area contributed by atoms with Crippen LogP contribution in [0.15, 0.2) is 30.4 Å². The van der Waals surface area contributed by atoms with E-state index in [0.29, 0.717) is 5.02 Å². The van der Waals surface area contributed by atoms with Gasteiger partial charge in [0.25, 0.3) is 0 Å². The zero-order valence-electron chi connectivity index (χ0n) is 8.27. The number of likely N-dealkylation sites (N-methyl/N-ethyl adjacent to an activating group) is 1. The van der Waals surface area contributed by atoms with Gasteiger partial charge in [0.1, 0.15) is 5.82 Å². The molecule has 1 atom stereocenters. The fourth-order valence-electron chi connectivity index (χ4n) is 1.40. The van der Waals surface area contributed by atoms with Crippen molar-refractivity contribution in [3.05, 3.63) is 46.8 Å². The number of rotatable bonds is 3. The van der Waals surface area contributed by atoms with E-state index in [1.165, 1.54) is 12.1 Å². The van der Waals surface area contributed by atoms with Crippen LogP contribution in [0, 0.1) is 5.82 Å². The van der Waals surface area contributed by atoms with E-state index in [1.54, 1.807) is 13.1 Å². The summed E-state index contributed by atoms with van der Waals surface area (Å²) >= 11 is 5.97. The molecule has 0 saturated heterocycles. The molecule has 1 N–H and O–H groups in total. The fraction of sp³-hybridized carbons (Fsp3) is 0.273. The predicted molar refractivity (Wildman–Crippen MR) is 58.0 cm³/mol. The molecule has 1 rings (SSSR count). The van der Waals surface area contributed by atoms with Gasteiger partial charge in [0.2, 0.25) is 0 Å². The average Bonchev–Trinajstić information content (AvgIpc) is 2.11. The lowest BCUT2D eigenvalue weighted by Gasteiger charge is -2.17. The highest BCUT2D eigenvalue weighted by Crippen LogP contribution is 2.27. The molecule has 0 bridgehead atoms. The highest BCUT2D eigenvalue weighted by Gasteiger charge is 2.13. The van der Waals surface area contributed by atoms with Crippen molar-refractivity contribution in [3.8, 4) is 0 Å². The second-order valence-electron chi connectivity index (χ2n) is 3.23. The first-order valence-electron chi connectivity index (χ1n) is 4.34. The fourth-order valence-corrected chi connectivity index (χ4v) is 1.63. The number of halogens is 2. The summed E-state index contributed by atoms with van der Waals surface area (Å²) in [5.74, 6) is -0.286. The van der Waals surface area contributed by atoms with Crippen LogP contribution in [-0.4, -0.2) is 7.05 Å². The Morgan fingerprint density at radius 3 is 2.71 bits per heavy atom. The van der Waals surface area contributed by atoms with E-state index in [1.807, 2.05) is 6.92 Å². The monoisotopic (exact) mass is 213 g/mol. The van der Waals surface area contributed by atoms with Crippen molar-refractivity contribution in [2.24, 2.45) is 0 Å². The van der Waals surface area contributed by atoms with Crippen LogP contribution in [0.3, 0.4) is 0 Å². The smallest absolute Gasteiger partial charge is 0.123 e. The van der Waals surface area contributed by atoms with Crippen LogP contribution >= 0.6 is 11.6 Å². The van der Waals surface area contributed by atoms with Gasteiger partial charge in [0, 0.05) is 5.02 Å². The minimum absolute atomic E-state index is 0.0989. The standard InChI is InChI=1S/C11H13ClFN/c1-7(2)11(14-3)9-6-8(13)4-5-10(9)12/h4-6,11,14H,1H2,2-3H3. The van der Waals surface area contributed by atoms with Crippen LogP contribution in [0.4, 0.5) is 4.39 Å². The molecule has 0 radical (unpaired) electrons. The van der Waals surface area contributed by atoms with Crippen LogP contribution in [0.1, 0.15) is 18.5 Å². The first kappa shape index (κ1) is 11.2. The first-order valence-corrected chi connectivity index (χ1v) is 4.71. The highest BCUT2D eigenvalue weighted by molar-refractivity contribution is 6.31. The number of benzene rings is 1. The minimum atomic E-state index is -0.286. The van der Waals surface area contributed by atoms with Gasteiger partial charge in [-0.25, -0.2) is 4.39 Å². The van der Waals surface area contributed by atoms with Crippen LogP contribution < -0.4 is 5.32 Å². The Labute approximate surface area is 88.6 Å². The van der Waals surface area contributed by atoms with Gasteiger partial charge < -0.3 is 5.32 Å². The second-order valence-corrected chi connectivity index (χ2v) is 3.64. The number of hydrogen-bond donors (Lipinski definition) is 1. The van der Waals surface area contributed by atoms with Gasteiger partial charge in [-0.05, 0) is 37.7 Å². The second kappa shape index (κ2) is 4.58. The molecule has 76 valence electrons. The molecule has 1 aromatic rings. The molecule has 1 nitrogen and oxygen atoms in total. The maximum atomic E-state index is 13.0. The van der Waals surface area contributed by atoms with Gasteiger partial charge in [0.15, 0.2) is 0 Å². The van der Waals surface area contributed by atoms with Gasteiger partial charge in [-0.15, -0.1) is 0 Å². The Kier molecular flexibility index (Phi) is 3.67. The molecule has 0 aliphatic carbocycles. The summed E-state index contributed by atoms with van der Waals surface area (Å²) in [4.78, 5) is 0. The third-order valence-corrected chi connectivity index (χ3v) is 2.39. The van der Waals surface area contributed by atoms with E-state index in [-0.39, 0.29) is 11.9 Å². The third kappa shape index (κ3) is 2.34. The van der Waals surface area contributed by atoms with E-state index in [9.17, 15) is 4.39 Å². The normalized spacial score (nSPS) is 12.6. The van der Waals surface area contributed by atoms with E-state index in [0.717, 1.165) is 11.1 Å². The lowest BCUT2D eigenvalue weighted by atomic mass is 10.0. The summed E-state index contributed by atoms with van der Waals surface area (Å²) in [6.07, 6.45) is 0. The SMILES string of the molecule is C=C(C)C(NC)c1cc(F)ccc1Cl. The maximum absolute atomic E-state index is 13.0. The van der Waals surface area contributed by atoms with Crippen molar-refractivity contribution in [1.82, 2.24) is 5.32 Å². The Morgan fingerprint density at radius 2 is 2.21 bits per heavy atom. The quantitative estimate of drug-likeness (QED) is 0.760. The molecule has 0 spiro atoms. The average molecular weight is 214 g/mol. The zero-order chi connectivity index (χ0) is 10.7. The molecule has 0 aliphatic heterocycles. The van der Waals surface area contributed by atoms with E-state index in [4.69, 9.17) is 11.6 Å². The topological polar surface area (TPSA) is 12.0 Å². The van der Waals surface area contributed by atoms with Gasteiger partial charge in [-0.2, -0.15) is 0 Å². The summed E-state index contributed by atoms with van der Waals surface area (Å²) in [7, 11) is 1.79. The molecule has 14 heavy (non-hydrogen) atoms. The van der Waals surface area contributed by atoms with E-state index in [2.05, 4.69) is 11.9 Å². The Balaban J connectivity index is 3.15. The maximum Gasteiger partial charge on any atom is 0.123 e. The largest absolute Gasteiger partial charge is 0.310 e. The predicted octanol–water partition coefficient (Wildman–Crippen LogP) is 3.32. The van der Waals surface area contributed by atoms with E-state index >= 15 is 0 Å². The minimum Gasteiger partial charge on any atom is -0.310 e. The first-order chi connectivity index (χ1) is 6.56.